The Morgan fingerprint density at radius 1 is 0.625 bits per heavy atom. The summed E-state index contributed by atoms with van der Waals surface area (Å²) in [5.41, 5.74) is 11.8. The maximum atomic E-state index is 5.92. The minimum Gasteiger partial charge on any atom is -0.387 e. The molecular formula is C18H38N4S2. The van der Waals surface area contributed by atoms with Crippen molar-refractivity contribution in [2.45, 2.75) is 78.1 Å². The Balaban J connectivity index is 3.51. The fourth-order valence-corrected chi connectivity index (χ4v) is 3.99. The van der Waals surface area contributed by atoms with Crippen LogP contribution >= 0.6 is 21.6 Å². The summed E-state index contributed by atoms with van der Waals surface area (Å²) in [5, 5.41) is 0. The number of hydrogen-bond donors (Lipinski definition) is 2. The summed E-state index contributed by atoms with van der Waals surface area (Å²) in [4.78, 5) is 8.84. The van der Waals surface area contributed by atoms with Gasteiger partial charge in [0.1, 0.15) is 11.7 Å². The standard InChI is InChI=1S/C18H38N4S2/c1-3-5-7-9-11-13-21-17(19)15-23-24-16-18(20)22-14-12-10-8-6-4-2/h3-16H2,1-2H3,(H2,19,21)(H2,20,22). The fraction of sp³-hybridized carbons (Fsp3) is 0.889. The lowest BCUT2D eigenvalue weighted by Gasteiger charge is -2.03. The Labute approximate surface area is 157 Å². The van der Waals surface area contributed by atoms with Crippen LogP contribution in [-0.2, 0) is 0 Å². The van der Waals surface area contributed by atoms with Gasteiger partial charge in [0.2, 0.25) is 0 Å². The summed E-state index contributed by atoms with van der Waals surface area (Å²) >= 11 is 0. The molecule has 4 nitrogen and oxygen atoms in total. The molecule has 0 unspecified atom stereocenters. The first-order valence-corrected chi connectivity index (χ1v) is 12.0. The van der Waals surface area contributed by atoms with Crippen LogP contribution < -0.4 is 11.5 Å². The van der Waals surface area contributed by atoms with E-state index in [1.807, 2.05) is 0 Å². The molecule has 0 radical (unpaired) electrons. The van der Waals surface area contributed by atoms with Crippen LogP contribution in [0.5, 0.6) is 0 Å². The molecule has 0 spiro atoms. The van der Waals surface area contributed by atoms with Crippen LogP contribution in [-0.4, -0.2) is 36.3 Å². The van der Waals surface area contributed by atoms with Gasteiger partial charge in [0, 0.05) is 13.1 Å². The third kappa shape index (κ3) is 18.0. The van der Waals surface area contributed by atoms with Gasteiger partial charge in [-0.25, -0.2) is 0 Å². The van der Waals surface area contributed by atoms with Gasteiger partial charge < -0.3 is 11.5 Å². The first-order valence-electron chi connectivity index (χ1n) is 9.52. The molecule has 0 heterocycles. The Hall–Kier alpha value is -0.360. The van der Waals surface area contributed by atoms with Crippen molar-refractivity contribution >= 4 is 33.3 Å². The molecule has 6 heteroatoms. The molecule has 0 aromatic carbocycles. The maximum absolute atomic E-state index is 5.92. The van der Waals surface area contributed by atoms with Crippen molar-refractivity contribution in [2.75, 3.05) is 24.6 Å². The van der Waals surface area contributed by atoms with E-state index in [4.69, 9.17) is 11.5 Å². The molecule has 0 rings (SSSR count). The summed E-state index contributed by atoms with van der Waals surface area (Å²) < 4.78 is 0. The highest BCUT2D eigenvalue weighted by Crippen LogP contribution is 2.20. The Morgan fingerprint density at radius 2 is 1.00 bits per heavy atom. The van der Waals surface area contributed by atoms with Gasteiger partial charge in [-0.2, -0.15) is 0 Å². The van der Waals surface area contributed by atoms with Crippen LogP contribution in [0.15, 0.2) is 9.98 Å². The van der Waals surface area contributed by atoms with Gasteiger partial charge in [-0.05, 0) is 12.8 Å². The Bertz CT molecular complexity index is 301. The van der Waals surface area contributed by atoms with Crippen LogP contribution in [0, 0.1) is 0 Å². The summed E-state index contributed by atoms with van der Waals surface area (Å²) in [6, 6.07) is 0. The van der Waals surface area contributed by atoms with E-state index in [-0.39, 0.29) is 0 Å². The highest BCUT2D eigenvalue weighted by atomic mass is 33.1. The molecule has 24 heavy (non-hydrogen) atoms. The van der Waals surface area contributed by atoms with Crippen LogP contribution in [0.3, 0.4) is 0 Å². The van der Waals surface area contributed by atoms with Crippen molar-refractivity contribution in [1.29, 1.82) is 0 Å². The van der Waals surface area contributed by atoms with Gasteiger partial charge in [-0.1, -0.05) is 86.8 Å². The second kappa shape index (κ2) is 19.0. The minimum absolute atomic E-state index is 0.745. The van der Waals surface area contributed by atoms with Gasteiger partial charge >= 0.3 is 0 Å². The van der Waals surface area contributed by atoms with E-state index in [9.17, 15) is 0 Å². The predicted octanol–water partition coefficient (Wildman–Crippen LogP) is 5.02. The lowest BCUT2D eigenvalue weighted by atomic mass is 10.2. The van der Waals surface area contributed by atoms with Crippen molar-refractivity contribution in [3.63, 3.8) is 0 Å². The highest BCUT2D eigenvalue weighted by Gasteiger charge is 1.98. The topological polar surface area (TPSA) is 76.8 Å². The first-order chi connectivity index (χ1) is 11.7. The fourth-order valence-electron chi connectivity index (χ4n) is 2.17. The summed E-state index contributed by atoms with van der Waals surface area (Å²) in [6.07, 6.45) is 12.7. The van der Waals surface area contributed by atoms with Crippen LogP contribution in [0.1, 0.15) is 78.1 Å². The Kier molecular flexibility index (Phi) is 18.7. The SMILES string of the molecule is CCCCCCCN=C(N)CSSCC(N)=NCCCCCCC. The van der Waals surface area contributed by atoms with Gasteiger partial charge in [0.15, 0.2) is 0 Å². The number of nitrogens with two attached hydrogens (primary N) is 2. The zero-order valence-electron chi connectivity index (χ0n) is 15.8. The van der Waals surface area contributed by atoms with Gasteiger partial charge in [-0.3, -0.25) is 9.98 Å². The van der Waals surface area contributed by atoms with Crippen molar-refractivity contribution in [3.8, 4) is 0 Å². The van der Waals surface area contributed by atoms with Gasteiger partial charge in [0.05, 0.1) is 11.5 Å². The molecule has 0 atom stereocenters. The molecule has 142 valence electrons. The van der Waals surface area contributed by atoms with E-state index in [0.29, 0.717) is 0 Å². The zero-order valence-corrected chi connectivity index (χ0v) is 17.4. The third-order valence-corrected chi connectivity index (χ3v) is 5.85. The lowest BCUT2D eigenvalue weighted by Crippen LogP contribution is -2.17. The minimum atomic E-state index is 0.745. The largest absolute Gasteiger partial charge is 0.387 e. The number of unbranched alkanes of at least 4 members (excludes halogenated alkanes) is 8. The van der Waals surface area contributed by atoms with Gasteiger partial charge in [0.25, 0.3) is 0 Å². The number of nitrogens with zero attached hydrogens (tertiary/aromatic N) is 2. The molecule has 0 aliphatic heterocycles. The molecule has 0 aliphatic carbocycles. The Morgan fingerprint density at radius 3 is 1.38 bits per heavy atom. The zero-order chi connectivity index (χ0) is 17.9. The summed E-state index contributed by atoms with van der Waals surface area (Å²) in [7, 11) is 3.42. The van der Waals surface area contributed by atoms with Crippen molar-refractivity contribution < 1.29 is 0 Å². The molecule has 0 aromatic heterocycles. The second-order valence-electron chi connectivity index (χ2n) is 6.10. The molecule has 0 bridgehead atoms. The highest BCUT2D eigenvalue weighted by molar-refractivity contribution is 8.77. The third-order valence-electron chi connectivity index (χ3n) is 3.65. The molecular weight excluding hydrogens is 336 g/mol. The van der Waals surface area contributed by atoms with E-state index in [1.54, 1.807) is 21.6 Å². The molecule has 0 fully saturated rings. The van der Waals surface area contributed by atoms with E-state index in [1.165, 1.54) is 51.4 Å². The van der Waals surface area contributed by atoms with Crippen LogP contribution in [0.25, 0.3) is 0 Å². The van der Waals surface area contributed by atoms with E-state index < -0.39 is 0 Å². The molecule has 4 N–H and O–H groups in total. The second-order valence-corrected chi connectivity index (χ2v) is 8.56. The lowest BCUT2D eigenvalue weighted by molar-refractivity contribution is 0.638. The summed E-state index contributed by atoms with van der Waals surface area (Å²) in [6.45, 7) is 6.19. The van der Waals surface area contributed by atoms with Crippen LogP contribution in [0.4, 0.5) is 0 Å². The monoisotopic (exact) mass is 374 g/mol. The molecule has 0 saturated heterocycles. The average Bonchev–Trinajstić information content (AvgIpc) is 2.58. The van der Waals surface area contributed by atoms with Crippen molar-refractivity contribution in [2.24, 2.45) is 21.5 Å². The van der Waals surface area contributed by atoms with Crippen LogP contribution in [0.2, 0.25) is 0 Å². The van der Waals surface area contributed by atoms with Gasteiger partial charge in [-0.15, -0.1) is 0 Å². The number of rotatable bonds is 17. The smallest absolute Gasteiger partial charge is 0.105 e. The van der Waals surface area contributed by atoms with E-state index in [0.717, 1.165) is 49.1 Å². The normalized spacial score (nSPS) is 12.8. The van der Waals surface area contributed by atoms with Crippen molar-refractivity contribution in [3.05, 3.63) is 0 Å². The quantitative estimate of drug-likeness (QED) is 0.162. The number of amidine groups is 2. The molecule has 0 aliphatic rings. The molecule has 0 aromatic rings. The molecule has 0 amide bonds. The molecule has 0 saturated carbocycles. The first kappa shape index (κ1) is 23.6. The number of aliphatic imine (C=N–C) groups is 2. The van der Waals surface area contributed by atoms with Crippen molar-refractivity contribution in [1.82, 2.24) is 0 Å². The van der Waals surface area contributed by atoms with E-state index >= 15 is 0 Å². The predicted molar refractivity (Wildman–Crippen MR) is 115 cm³/mol. The van der Waals surface area contributed by atoms with E-state index in [2.05, 4.69) is 23.8 Å². The number of hydrogen-bond acceptors (Lipinski definition) is 4. The maximum Gasteiger partial charge on any atom is 0.105 e. The summed E-state index contributed by atoms with van der Waals surface area (Å²) in [5.74, 6) is 3.03. The average molecular weight is 375 g/mol.